The Kier molecular flexibility index (Phi) is 7.65. The van der Waals surface area contributed by atoms with Gasteiger partial charge in [0, 0.05) is 12.1 Å². The van der Waals surface area contributed by atoms with Crippen LogP contribution in [0.4, 0.5) is 4.79 Å². The molecule has 0 aromatic heterocycles. The van der Waals surface area contributed by atoms with Gasteiger partial charge >= 0.3 is 6.09 Å². The number of carbonyl (C=O) groups excluding carboxylic acids is 2. The maximum atomic E-state index is 12.8. The Labute approximate surface area is 172 Å². The zero-order chi connectivity index (χ0) is 21.4. The molecule has 0 bridgehead atoms. The Bertz CT molecular complexity index is 826. The molecule has 2 N–H and O–H groups in total. The smallest absolute Gasteiger partial charge is 0.407 e. The molecule has 2 aromatic carbocycles. The summed E-state index contributed by atoms with van der Waals surface area (Å²) < 4.78 is 10.7. The average Bonchev–Trinajstić information content (AvgIpc) is 2.66. The molecule has 0 aliphatic carbocycles. The molecule has 0 fully saturated rings. The van der Waals surface area contributed by atoms with Gasteiger partial charge in [-0.2, -0.15) is 0 Å². The van der Waals surface area contributed by atoms with Crippen LogP contribution in [-0.4, -0.2) is 24.2 Å². The van der Waals surface area contributed by atoms with Crippen molar-refractivity contribution in [2.24, 2.45) is 0 Å². The SMILES string of the molecule is CCOc1ccc([C@H](C)NC(=O)c2ccccc2CNC(=O)OC(C)(C)C)cc1. The standard InChI is InChI=1S/C23H30N2O4/c1-6-28-19-13-11-17(12-14-19)16(2)25-21(26)20-10-8-7-9-18(20)15-24-22(27)29-23(3,4)5/h7-14,16H,6,15H2,1-5H3,(H,24,27)(H,25,26)/t16-/m0/s1. The Morgan fingerprint density at radius 1 is 1.03 bits per heavy atom. The Balaban J connectivity index is 2.02. The van der Waals surface area contributed by atoms with Crippen LogP contribution in [0.5, 0.6) is 5.75 Å². The summed E-state index contributed by atoms with van der Waals surface area (Å²) in [6.07, 6.45) is -0.518. The van der Waals surface area contributed by atoms with Crippen LogP contribution in [-0.2, 0) is 11.3 Å². The highest BCUT2D eigenvalue weighted by Gasteiger charge is 2.18. The van der Waals surface area contributed by atoms with Gasteiger partial charge in [0.15, 0.2) is 0 Å². The highest BCUT2D eigenvalue weighted by Crippen LogP contribution is 2.19. The van der Waals surface area contributed by atoms with Crippen LogP contribution in [0.15, 0.2) is 48.5 Å². The van der Waals surface area contributed by atoms with Crippen molar-refractivity contribution in [3.05, 3.63) is 65.2 Å². The molecule has 2 rings (SSSR count). The van der Waals surface area contributed by atoms with Gasteiger partial charge in [-0.1, -0.05) is 30.3 Å². The number of amides is 2. The second-order valence-electron chi connectivity index (χ2n) is 7.71. The number of hydrogen-bond acceptors (Lipinski definition) is 4. The first-order chi connectivity index (χ1) is 13.7. The van der Waals surface area contributed by atoms with E-state index in [1.807, 2.05) is 50.2 Å². The van der Waals surface area contributed by atoms with Gasteiger partial charge in [0.1, 0.15) is 11.4 Å². The van der Waals surface area contributed by atoms with Gasteiger partial charge in [-0.3, -0.25) is 4.79 Å². The Morgan fingerprint density at radius 3 is 2.31 bits per heavy atom. The number of rotatable bonds is 7. The molecule has 0 spiro atoms. The predicted octanol–water partition coefficient (Wildman–Crippen LogP) is 4.60. The summed E-state index contributed by atoms with van der Waals surface area (Å²) in [6, 6.07) is 14.7. The van der Waals surface area contributed by atoms with E-state index < -0.39 is 11.7 Å². The lowest BCUT2D eigenvalue weighted by molar-refractivity contribution is 0.0522. The topological polar surface area (TPSA) is 76.7 Å². The second-order valence-corrected chi connectivity index (χ2v) is 7.71. The van der Waals surface area contributed by atoms with Crippen molar-refractivity contribution >= 4 is 12.0 Å². The summed E-state index contributed by atoms with van der Waals surface area (Å²) in [4.78, 5) is 24.7. The molecule has 0 radical (unpaired) electrons. The molecule has 6 nitrogen and oxygen atoms in total. The average molecular weight is 399 g/mol. The molecule has 0 saturated heterocycles. The summed E-state index contributed by atoms with van der Waals surface area (Å²) >= 11 is 0. The van der Waals surface area contributed by atoms with Gasteiger partial charge in [0.25, 0.3) is 5.91 Å². The predicted molar refractivity (Wildman–Crippen MR) is 113 cm³/mol. The lowest BCUT2D eigenvalue weighted by Crippen LogP contribution is -2.33. The molecule has 29 heavy (non-hydrogen) atoms. The van der Waals surface area contributed by atoms with Crippen LogP contribution >= 0.6 is 0 Å². The van der Waals surface area contributed by atoms with Crippen LogP contribution in [0.25, 0.3) is 0 Å². The monoisotopic (exact) mass is 398 g/mol. The van der Waals surface area contributed by atoms with Crippen molar-refractivity contribution in [2.75, 3.05) is 6.61 Å². The quantitative estimate of drug-likeness (QED) is 0.715. The highest BCUT2D eigenvalue weighted by molar-refractivity contribution is 5.96. The maximum absolute atomic E-state index is 12.8. The molecule has 1 atom stereocenters. The summed E-state index contributed by atoms with van der Waals surface area (Å²) in [6.45, 7) is 10.1. The molecule has 2 amide bonds. The summed E-state index contributed by atoms with van der Waals surface area (Å²) in [5.41, 5.74) is 1.64. The van der Waals surface area contributed by atoms with Gasteiger partial charge in [-0.15, -0.1) is 0 Å². The zero-order valence-electron chi connectivity index (χ0n) is 17.7. The molecule has 6 heteroatoms. The van der Waals surface area contributed by atoms with E-state index in [4.69, 9.17) is 9.47 Å². The molecule has 0 heterocycles. The number of ether oxygens (including phenoxy) is 2. The number of nitrogens with one attached hydrogen (secondary N) is 2. The van der Waals surface area contributed by atoms with E-state index in [0.29, 0.717) is 12.2 Å². The molecular formula is C23H30N2O4. The molecule has 0 aliphatic heterocycles. The lowest BCUT2D eigenvalue weighted by atomic mass is 10.0. The minimum absolute atomic E-state index is 0.176. The third-order valence-corrected chi connectivity index (χ3v) is 4.12. The molecule has 0 saturated carbocycles. The second kappa shape index (κ2) is 9.96. The number of hydrogen-bond donors (Lipinski definition) is 2. The first-order valence-electron chi connectivity index (χ1n) is 9.78. The van der Waals surface area contributed by atoms with Gasteiger partial charge in [-0.25, -0.2) is 4.79 Å². The van der Waals surface area contributed by atoms with E-state index in [9.17, 15) is 9.59 Å². The fourth-order valence-electron chi connectivity index (χ4n) is 2.75. The highest BCUT2D eigenvalue weighted by atomic mass is 16.6. The van der Waals surface area contributed by atoms with Gasteiger partial charge in [0.2, 0.25) is 0 Å². The largest absolute Gasteiger partial charge is 0.494 e. The van der Waals surface area contributed by atoms with E-state index in [1.165, 1.54) is 0 Å². The number of benzene rings is 2. The Hall–Kier alpha value is -3.02. The molecular weight excluding hydrogens is 368 g/mol. The summed E-state index contributed by atoms with van der Waals surface area (Å²) in [5.74, 6) is 0.598. The normalized spacial score (nSPS) is 12.0. The Morgan fingerprint density at radius 2 is 1.69 bits per heavy atom. The van der Waals surface area contributed by atoms with Crippen LogP contribution in [0.1, 0.15) is 62.1 Å². The number of alkyl carbamates (subject to hydrolysis) is 1. The van der Waals surface area contributed by atoms with E-state index >= 15 is 0 Å². The van der Waals surface area contributed by atoms with Crippen LogP contribution in [0, 0.1) is 0 Å². The summed E-state index contributed by atoms with van der Waals surface area (Å²) in [7, 11) is 0. The first-order valence-corrected chi connectivity index (χ1v) is 9.78. The van der Waals surface area contributed by atoms with Crippen molar-refractivity contribution in [3.63, 3.8) is 0 Å². The van der Waals surface area contributed by atoms with Crippen LogP contribution in [0.3, 0.4) is 0 Å². The molecule has 0 aliphatic rings. The van der Waals surface area contributed by atoms with E-state index in [1.54, 1.807) is 32.9 Å². The summed E-state index contributed by atoms with van der Waals surface area (Å²) in [5, 5.41) is 5.71. The van der Waals surface area contributed by atoms with Crippen LogP contribution < -0.4 is 15.4 Å². The van der Waals surface area contributed by atoms with Crippen molar-refractivity contribution in [1.82, 2.24) is 10.6 Å². The third kappa shape index (κ3) is 7.14. The fourth-order valence-corrected chi connectivity index (χ4v) is 2.75. The maximum Gasteiger partial charge on any atom is 0.407 e. The van der Waals surface area contributed by atoms with E-state index in [0.717, 1.165) is 16.9 Å². The van der Waals surface area contributed by atoms with Crippen molar-refractivity contribution in [3.8, 4) is 5.75 Å². The van der Waals surface area contributed by atoms with Crippen molar-refractivity contribution in [1.29, 1.82) is 0 Å². The van der Waals surface area contributed by atoms with Gasteiger partial charge in [0.05, 0.1) is 12.6 Å². The fraction of sp³-hybridized carbons (Fsp3) is 0.391. The zero-order valence-corrected chi connectivity index (χ0v) is 17.7. The van der Waals surface area contributed by atoms with E-state index in [-0.39, 0.29) is 18.5 Å². The lowest BCUT2D eigenvalue weighted by Gasteiger charge is -2.20. The van der Waals surface area contributed by atoms with Crippen LogP contribution in [0.2, 0.25) is 0 Å². The minimum atomic E-state index is -0.575. The van der Waals surface area contributed by atoms with Crippen molar-refractivity contribution in [2.45, 2.75) is 52.8 Å². The molecule has 2 aromatic rings. The van der Waals surface area contributed by atoms with Gasteiger partial charge in [-0.05, 0) is 63.9 Å². The van der Waals surface area contributed by atoms with E-state index in [2.05, 4.69) is 10.6 Å². The third-order valence-electron chi connectivity index (χ3n) is 4.12. The molecule has 0 unspecified atom stereocenters. The first kappa shape index (κ1) is 22.3. The minimum Gasteiger partial charge on any atom is -0.494 e. The number of carbonyl (C=O) groups is 2. The molecule has 156 valence electrons. The van der Waals surface area contributed by atoms with Gasteiger partial charge < -0.3 is 20.1 Å². The van der Waals surface area contributed by atoms with Crippen molar-refractivity contribution < 1.29 is 19.1 Å².